The zero-order valence-electron chi connectivity index (χ0n) is 16.2. The first-order valence-electron chi connectivity index (χ1n) is 9.63. The topological polar surface area (TPSA) is 68.7 Å². The van der Waals surface area contributed by atoms with Crippen molar-refractivity contribution in [2.24, 2.45) is 5.92 Å². The molecule has 1 aliphatic carbocycles. The van der Waals surface area contributed by atoms with Gasteiger partial charge in [-0.15, -0.1) is 0 Å². The first-order chi connectivity index (χ1) is 12.8. The Morgan fingerprint density at radius 1 is 1.33 bits per heavy atom. The van der Waals surface area contributed by atoms with Crippen LogP contribution in [0.1, 0.15) is 64.1 Å². The van der Waals surface area contributed by atoms with Crippen LogP contribution < -0.4 is 0 Å². The molecule has 0 aromatic carbocycles. The van der Waals surface area contributed by atoms with Gasteiger partial charge < -0.3 is 14.6 Å². The fourth-order valence-corrected chi connectivity index (χ4v) is 3.75. The highest BCUT2D eigenvalue weighted by atomic mass is 16.7. The van der Waals surface area contributed by atoms with E-state index in [1.54, 1.807) is 20.0 Å². The molecule has 1 unspecified atom stereocenters. The highest BCUT2D eigenvalue weighted by Gasteiger charge is 2.41. The van der Waals surface area contributed by atoms with Gasteiger partial charge in [0.05, 0.1) is 6.08 Å². The van der Waals surface area contributed by atoms with Gasteiger partial charge in [0.1, 0.15) is 17.1 Å². The van der Waals surface area contributed by atoms with E-state index in [9.17, 15) is 9.90 Å². The van der Waals surface area contributed by atoms with Crippen molar-refractivity contribution in [3.63, 3.8) is 0 Å². The van der Waals surface area contributed by atoms with Gasteiger partial charge in [-0.3, -0.25) is 0 Å². The molecule has 2 aliphatic rings. The number of hydrogen-bond donors (Lipinski definition) is 1. The van der Waals surface area contributed by atoms with Crippen LogP contribution in [0.25, 0.3) is 0 Å². The normalized spacial score (nSPS) is 21.3. The number of carbonyl (C=O) groups excluding carboxylic acids is 1. The van der Waals surface area contributed by atoms with Gasteiger partial charge in [0.15, 0.2) is 0 Å². The lowest BCUT2D eigenvalue weighted by Crippen LogP contribution is -2.40. The average molecular weight is 369 g/mol. The molecule has 0 amide bonds. The second kappa shape index (κ2) is 7.74. The lowest BCUT2D eigenvalue weighted by atomic mass is 9.82. The van der Waals surface area contributed by atoms with Crippen LogP contribution >= 0.6 is 0 Å². The molecular weight excluding hydrogens is 342 g/mol. The van der Waals surface area contributed by atoms with Crippen molar-refractivity contribution in [1.82, 2.24) is 4.98 Å². The molecule has 1 aromatic heterocycles. The predicted octanol–water partition coefficient (Wildman–Crippen LogP) is 3.50. The summed E-state index contributed by atoms with van der Waals surface area (Å²) in [6.45, 7) is 5.44. The maximum Gasteiger partial charge on any atom is 0.337 e. The van der Waals surface area contributed by atoms with Crippen LogP contribution in [0.4, 0.5) is 0 Å². The summed E-state index contributed by atoms with van der Waals surface area (Å²) in [6.07, 6.45) is 8.09. The summed E-state index contributed by atoms with van der Waals surface area (Å²) < 4.78 is 10.9. The Bertz CT molecular complexity index is 796. The minimum atomic E-state index is -1.26. The molecule has 27 heavy (non-hydrogen) atoms. The standard InChI is InChI=1S/C22H27NO4/c1-4-16-10-12-23-18(13-16)9-11-22(25,17-7-5-6-8-17)15-19-14-20(24)27-21(2,3)26-19/h10,12-14,17,25H,4-8,15H2,1-3H3. The molecule has 5 heteroatoms. The fourth-order valence-electron chi connectivity index (χ4n) is 3.75. The Balaban J connectivity index is 1.89. The minimum Gasteiger partial charge on any atom is -0.457 e. The molecule has 1 fully saturated rings. The molecular formula is C22H27NO4. The number of hydrogen-bond acceptors (Lipinski definition) is 5. The van der Waals surface area contributed by atoms with Crippen molar-refractivity contribution in [1.29, 1.82) is 0 Å². The molecule has 1 aliphatic heterocycles. The van der Waals surface area contributed by atoms with E-state index in [-0.39, 0.29) is 12.3 Å². The third kappa shape index (κ3) is 4.90. The van der Waals surface area contributed by atoms with Gasteiger partial charge in [0.25, 0.3) is 0 Å². The van der Waals surface area contributed by atoms with Gasteiger partial charge in [-0.2, -0.15) is 0 Å². The van der Waals surface area contributed by atoms with Crippen molar-refractivity contribution in [3.8, 4) is 11.8 Å². The van der Waals surface area contributed by atoms with Crippen molar-refractivity contribution < 1.29 is 19.4 Å². The number of esters is 1. The number of aliphatic hydroxyl groups is 1. The van der Waals surface area contributed by atoms with E-state index < -0.39 is 17.4 Å². The van der Waals surface area contributed by atoms with Crippen molar-refractivity contribution in [2.75, 3.05) is 0 Å². The molecule has 5 nitrogen and oxygen atoms in total. The number of carbonyl (C=O) groups is 1. The van der Waals surface area contributed by atoms with E-state index in [4.69, 9.17) is 9.47 Å². The largest absolute Gasteiger partial charge is 0.457 e. The smallest absolute Gasteiger partial charge is 0.337 e. The molecule has 0 radical (unpaired) electrons. The first kappa shape index (κ1) is 19.4. The van der Waals surface area contributed by atoms with Crippen LogP contribution in [0.15, 0.2) is 30.2 Å². The van der Waals surface area contributed by atoms with Gasteiger partial charge in [0, 0.05) is 26.5 Å². The van der Waals surface area contributed by atoms with E-state index in [1.165, 1.54) is 6.08 Å². The van der Waals surface area contributed by atoms with Gasteiger partial charge in [-0.05, 0) is 48.8 Å². The summed E-state index contributed by atoms with van der Waals surface area (Å²) in [5.74, 6) is 5.07. The molecule has 1 aromatic rings. The third-order valence-corrected chi connectivity index (χ3v) is 5.12. The summed E-state index contributed by atoms with van der Waals surface area (Å²) in [4.78, 5) is 16.1. The Morgan fingerprint density at radius 2 is 2.07 bits per heavy atom. The number of aromatic nitrogens is 1. The van der Waals surface area contributed by atoms with Crippen LogP contribution in [0, 0.1) is 17.8 Å². The molecule has 0 saturated heterocycles. The van der Waals surface area contributed by atoms with E-state index in [0.29, 0.717) is 11.5 Å². The summed E-state index contributed by atoms with van der Waals surface area (Å²) in [5, 5.41) is 11.4. The quantitative estimate of drug-likeness (QED) is 0.650. The maximum atomic E-state index is 11.8. The SMILES string of the molecule is CCc1ccnc(C#CC(O)(CC2=CC(=O)OC(C)(C)O2)C2CCCC2)c1. The zero-order valence-corrected chi connectivity index (χ0v) is 16.2. The molecule has 0 bridgehead atoms. The second-order valence-corrected chi connectivity index (χ2v) is 7.77. The third-order valence-electron chi connectivity index (χ3n) is 5.12. The van der Waals surface area contributed by atoms with Gasteiger partial charge in [-0.1, -0.05) is 25.7 Å². The van der Waals surface area contributed by atoms with Crippen molar-refractivity contribution >= 4 is 5.97 Å². The highest BCUT2D eigenvalue weighted by molar-refractivity contribution is 5.83. The van der Waals surface area contributed by atoms with Crippen LogP contribution in [0.3, 0.4) is 0 Å². The molecule has 1 N–H and O–H groups in total. The Morgan fingerprint density at radius 3 is 2.74 bits per heavy atom. The van der Waals surface area contributed by atoms with Crippen molar-refractivity contribution in [3.05, 3.63) is 41.4 Å². The van der Waals surface area contributed by atoms with Gasteiger partial charge >= 0.3 is 5.97 Å². The molecule has 1 saturated carbocycles. The molecule has 1 atom stereocenters. The second-order valence-electron chi connectivity index (χ2n) is 7.77. The maximum absolute atomic E-state index is 11.8. The van der Waals surface area contributed by atoms with Crippen LogP contribution in [0.5, 0.6) is 0 Å². The lowest BCUT2D eigenvalue weighted by molar-refractivity contribution is -0.207. The zero-order chi connectivity index (χ0) is 19.5. The number of pyridine rings is 1. The Hall–Kier alpha value is -2.32. The lowest BCUT2D eigenvalue weighted by Gasteiger charge is -2.35. The molecule has 0 spiro atoms. The Labute approximate surface area is 160 Å². The summed E-state index contributed by atoms with van der Waals surface area (Å²) in [6, 6.07) is 3.90. The minimum absolute atomic E-state index is 0.0462. The summed E-state index contributed by atoms with van der Waals surface area (Å²) >= 11 is 0. The van der Waals surface area contributed by atoms with E-state index >= 15 is 0 Å². The number of ether oxygens (including phenoxy) is 2. The molecule has 2 heterocycles. The van der Waals surface area contributed by atoms with E-state index in [0.717, 1.165) is 37.7 Å². The molecule has 3 rings (SSSR count). The number of cyclic esters (lactones) is 1. The molecule has 144 valence electrons. The monoisotopic (exact) mass is 369 g/mol. The van der Waals surface area contributed by atoms with Gasteiger partial charge in [-0.25, -0.2) is 9.78 Å². The number of nitrogens with zero attached hydrogens (tertiary/aromatic N) is 1. The highest BCUT2D eigenvalue weighted by Crippen LogP contribution is 2.39. The Kier molecular flexibility index (Phi) is 5.57. The van der Waals surface area contributed by atoms with Crippen molar-refractivity contribution in [2.45, 2.75) is 70.7 Å². The van der Waals surface area contributed by atoms with E-state index in [2.05, 4.69) is 23.7 Å². The fraction of sp³-hybridized carbons (Fsp3) is 0.545. The van der Waals surface area contributed by atoms with E-state index in [1.807, 2.05) is 12.1 Å². The average Bonchev–Trinajstić information content (AvgIpc) is 3.14. The van der Waals surface area contributed by atoms with Crippen LogP contribution in [-0.4, -0.2) is 27.4 Å². The predicted molar refractivity (Wildman–Crippen MR) is 101 cm³/mol. The van der Waals surface area contributed by atoms with Crippen LogP contribution in [-0.2, 0) is 20.7 Å². The van der Waals surface area contributed by atoms with Crippen LogP contribution in [0.2, 0.25) is 0 Å². The first-order valence-corrected chi connectivity index (χ1v) is 9.63. The summed E-state index contributed by atoms with van der Waals surface area (Å²) in [7, 11) is 0. The van der Waals surface area contributed by atoms with Gasteiger partial charge in [0.2, 0.25) is 5.79 Å². The number of aryl methyl sites for hydroxylation is 1. The number of rotatable bonds is 4. The summed E-state index contributed by atoms with van der Waals surface area (Å²) in [5.41, 5.74) is 0.533.